The number of carbonyl (C=O) groups is 1. The molecule has 0 aliphatic rings. The molecule has 0 unspecified atom stereocenters. The lowest BCUT2D eigenvalue weighted by molar-refractivity contribution is 0.102. The first-order chi connectivity index (χ1) is 10.1. The van der Waals surface area contributed by atoms with Crippen molar-refractivity contribution in [3.05, 3.63) is 64.5 Å². The molecule has 0 atom stereocenters. The van der Waals surface area contributed by atoms with Crippen molar-refractivity contribution in [2.75, 3.05) is 5.32 Å². The third-order valence-electron chi connectivity index (χ3n) is 3.03. The van der Waals surface area contributed by atoms with E-state index in [-0.39, 0.29) is 5.91 Å². The molecule has 0 bridgehead atoms. The molecule has 2 aromatic heterocycles. The molecule has 0 aliphatic carbocycles. The highest BCUT2D eigenvalue weighted by molar-refractivity contribution is 6.04. The zero-order chi connectivity index (χ0) is 14.8. The number of amides is 1. The third kappa shape index (κ3) is 2.64. The van der Waals surface area contributed by atoms with Crippen LogP contribution in [0.5, 0.6) is 0 Å². The minimum absolute atomic E-state index is 0.329. The topological polar surface area (TPSA) is 85.1 Å². The van der Waals surface area contributed by atoms with Crippen molar-refractivity contribution in [2.45, 2.75) is 6.92 Å². The average Bonchev–Trinajstić information content (AvgIpc) is 2.47. The van der Waals surface area contributed by atoms with Crippen LogP contribution in [0, 0.1) is 6.92 Å². The van der Waals surface area contributed by atoms with Gasteiger partial charge >= 0.3 is 5.63 Å². The van der Waals surface area contributed by atoms with Crippen molar-refractivity contribution in [2.24, 2.45) is 0 Å². The van der Waals surface area contributed by atoms with Crippen LogP contribution in [0.25, 0.3) is 11.0 Å². The fourth-order valence-electron chi connectivity index (χ4n) is 2.02. The van der Waals surface area contributed by atoms with Crippen LogP contribution in [0.4, 0.5) is 5.69 Å². The van der Waals surface area contributed by atoms with Crippen molar-refractivity contribution in [1.82, 2.24) is 9.97 Å². The zero-order valence-corrected chi connectivity index (χ0v) is 11.2. The van der Waals surface area contributed by atoms with Gasteiger partial charge in [0.25, 0.3) is 5.91 Å². The molecule has 0 saturated heterocycles. The van der Waals surface area contributed by atoms with E-state index in [1.165, 1.54) is 24.8 Å². The standard InChI is InChI=1S/C15H11N3O3/c1-9-4-14(19)21-13-5-11(2-3-12(9)13)18-15(20)10-6-16-8-17-7-10/h2-8H,1H3,(H,18,20). The van der Waals surface area contributed by atoms with Gasteiger partial charge in [-0.3, -0.25) is 4.79 Å². The van der Waals surface area contributed by atoms with E-state index in [2.05, 4.69) is 15.3 Å². The van der Waals surface area contributed by atoms with Crippen LogP contribution in [0.2, 0.25) is 0 Å². The number of aryl methyl sites for hydroxylation is 1. The van der Waals surface area contributed by atoms with E-state index in [9.17, 15) is 9.59 Å². The summed E-state index contributed by atoms with van der Waals surface area (Å²) in [5.74, 6) is -0.329. The number of hydrogen-bond donors (Lipinski definition) is 1. The number of carbonyl (C=O) groups excluding carboxylic acids is 1. The molecule has 1 N–H and O–H groups in total. The summed E-state index contributed by atoms with van der Waals surface area (Å²) in [7, 11) is 0. The van der Waals surface area contributed by atoms with Gasteiger partial charge in [-0.05, 0) is 24.6 Å². The molecule has 3 rings (SSSR count). The predicted octanol–water partition coefficient (Wildman–Crippen LogP) is 2.14. The molecule has 2 heterocycles. The number of nitrogens with zero attached hydrogens (tertiary/aromatic N) is 2. The van der Waals surface area contributed by atoms with E-state index in [1.807, 2.05) is 6.92 Å². The third-order valence-corrected chi connectivity index (χ3v) is 3.03. The second-order valence-corrected chi connectivity index (χ2v) is 4.54. The second kappa shape index (κ2) is 5.16. The number of rotatable bonds is 2. The van der Waals surface area contributed by atoms with Crippen molar-refractivity contribution in [1.29, 1.82) is 0 Å². The first-order valence-corrected chi connectivity index (χ1v) is 6.24. The van der Waals surface area contributed by atoms with Gasteiger partial charge in [-0.1, -0.05) is 0 Å². The Kier molecular flexibility index (Phi) is 3.19. The fraction of sp³-hybridized carbons (Fsp3) is 0.0667. The maximum Gasteiger partial charge on any atom is 0.336 e. The van der Waals surface area contributed by atoms with Gasteiger partial charge in [-0.25, -0.2) is 14.8 Å². The quantitative estimate of drug-likeness (QED) is 0.727. The van der Waals surface area contributed by atoms with Crippen LogP contribution < -0.4 is 10.9 Å². The first kappa shape index (κ1) is 13.0. The summed E-state index contributed by atoms with van der Waals surface area (Å²) in [6.45, 7) is 1.83. The van der Waals surface area contributed by atoms with E-state index in [4.69, 9.17) is 4.42 Å². The van der Waals surface area contributed by atoms with Gasteiger partial charge in [0, 0.05) is 35.6 Å². The van der Waals surface area contributed by atoms with Crippen molar-refractivity contribution in [3.63, 3.8) is 0 Å². The van der Waals surface area contributed by atoms with E-state index in [1.54, 1.807) is 18.2 Å². The number of aromatic nitrogens is 2. The van der Waals surface area contributed by atoms with Crippen molar-refractivity contribution in [3.8, 4) is 0 Å². The highest BCUT2D eigenvalue weighted by Crippen LogP contribution is 2.21. The van der Waals surface area contributed by atoms with Gasteiger partial charge in [0.05, 0.1) is 5.56 Å². The van der Waals surface area contributed by atoms with Crippen molar-refractivity contribution >= 4 is 22.6 Å². The van der Waals surface area contributed by atoms with E-state index >= 15 is 0 Å². The molecule has 1 amide bonds. The molecule has 0 spiro atoms. The summed E-state index contributed by atoms with van der Waals surface area (Å²) >= 11 is 0. The number of nitrogens with one attached hydrogen (secondary N) is 1. The Morgan fingerprint density at radius 3 is 2.71 bits per heavy atom. The summed E-state index contributed by atoms with van der Waals surface area (Å²) in [6, 6.07) is 6.59. The smallest absolute Gasteiger partial charge is 0.336 e. The Morgan fingerprint density at radius 2 is 1.95 bits per heavy atom. The molecule has 3 aromatic rings. The highest BCUT2D eigenvalue weighted by atomic mass is 16.4. The zero-order valence-electron chi connectivity index (χ0n) is 11.2. The average molecular weight is 281 g/mol. The molecule has 104 valence electrons. The second-order valence-electron chi connectivity index (χ2n) is 4.54. The minimum Gasteiger partial charge on any atom is -0.423 e. The molecule has 0 aliphatic heterocycles. The lowest BCUT2D eigenvalue weighted by Crippen LogP contribution is -2.12. The van der Waals surface area contributed by atoms with E-state index in [0.29, 0.717) is 16.8 Å². The number of hydrogen-bond acceptors (Lipinski definition) is 5. The molecule has 0 radical (unpaired) electrons. The summed E-state index contributed by atoms with van der Waals surface area (Å²) in [5, 5.41) is 3.54. The molecular weight excluding hydrogens is 270 g/mol. The number of anilines is 1. The molecule has 21 heavy (non-hydrogen) atoms. The van der Waals surface area contributed by atoms with Crippen LogP contribution in [0.1, 0.15) is 15.9 Å². The highest BCUT2D eigenvalue weighted by Gasteiger charge is 2.08. The Hall–Kier alpha value is -3.02. The Bertz CT molecular complexity index is 872. The van der Waals surface area contributed by atoms with Crippen LogP contribution in [0.15, 0.2) is 52.2 Å². The van der Waals surface area contributed by atoms with Crippen LogP contribution in [0.3, 0.4) is 0 Å². The summed E-state index contributed by atoms with van der Waals surface area (Å²) in [4.78, 5) is 31.0. The minimum atomic E-state index is -0.417. The molecule has 0 saturated carbocycles. The summed E-state index contributed by atoms with van der Waals surface area (Å²) < 4.78 is 5.14. The number of benzene rings is 1. The molecule has 1 aromatic carbocycles. The van der Waals surface area contributed by atoms with Gasteiger partial charge in [0.15, 0.2) is 0 Å². The Labute approximate surface area is 119 Å². The van der Waals surface area contributed by atoms with E-state index < -0.39 is 5.63 Å². The predicted molar refractivity (Wildman–Crippen MR) is 77.2 cm³/mol. The lowest BCUT2D eigenvalue weighted by Gasteiger charge is -2.06. The monoisotopic (exact) mass is 281 g/mol. The number of fused-ring (bicyclic) bond motifs is 1. The van der Waals surface area contributed by atoms with Crippen molar-refractivity contribution < 1.29 is 9.21 Å². The molecule has 0 fully saturated rings. The molecule has 6 nitrogen and oxygen atoms in total. The van der Waals surface area contributed by atoms with Crippen LogP contribution in [-0.2, 0) is 0 Å². The van der Waals surface area contributed by atoms with Gasteiger partial charge < -0.3 is 9.73 Å². The lowest BCUT2D eigenvalue weighted by atomic mass is 10.1. The maximum atomic E-state index is 12.0. The largest absolute Gasteiger partial charge is 0.423 e. The summed E-state index contributed by atoms with van der Waals surface area (Å²) in [5.41, 5.74) is 1.73. The first-order valence-electron chi connectivity index (χ1n) is 6.24. The summed E-state index contributed by atoms with van der Waals surface area (Å²) in [6.07, 6.45) is 4.20. The van der Waals surface area contributed by atoms with Gasteiger partial charge in [-0.15, -0.1) is 0 Å². The Balaban J connectivity index is 1.95. The molecular formula is C15H11N3O3. The maximum absolute atomic E-state index is 12.0. The van der Waals surface area contributed by atoms with Crippen LogP contribution in [-0.4, -0.2) is 15.9 Å². The molecule has 6 heteroatoms. The normalized spacial score (nSPS) is 10.5. The Morgan fingerprint density at radius 1 is 1.19 bits per heavy atom. The fourth-order valence-corrected chi connectivity index (χ4v) is 2.02. The van der Waals surface area contributed by atoms with Gasteiger partial charge in [0.2, 0.25) is 0 Å². The van der Waals surface area contributed by atoms with E-state index in [0.717, 1.165) is 10.9 Å². The van der Waals surface area contributed by atoms with Crippen LogP contribution >= 0.6 is 0 Å². The van der Waals surface area contributed by atoms with Gasteiger partial charge in [0.1, 0.15) is 11.9 Å². The van der Waals surface area contributed by atoms with Gasteiger partial charge in [-0.2, -0.15) is 0 Å². The SMILES string of the molecule is Cc1cc(=O)oc2cc(NC(=O)c3cncnc3)ccc12.